The molecule has 2 N–H and O–H groups in total. The van der Waals surface area contributed by atoms with Crippen LogP contribution >= 0.6 is 0 Å². The first-order valence-corrected chi connectivity index (χ1v) is 3.87. The van der Waals surface area contributed by atoms with Crippen LogP contribution in [0.3, 0.4) is 0 Å². The highest BCUT2D eigenvalue weighted by Gasteiger charge is 2.09. The van der Waals surface area contributed by atoms with E-state index in [-0.39, 0.29) is 24.7 Å². The molecular weight excluding hydrogens is 144 g/mol. The van der Waals surface area contributed by atoms with Crippen LogP contribution in [0.25, 0.3) is 0 Å². The van der Waals surface area contributed by atoms with Crippen LogP contribution in [-0.4, -0.2) is 28.7 Å². The topological polar surface area (TPSA) is 57.5 Å². The predicted molar refractivity (Wildman–Crippen MR) is 42.2 cm³/mol. The molecular formula is C8H16O3. The molecule has 3 nitrogen and oxygen atoms in total. The third-order valence-electron chi connectivity index (χ3n) is 1.41. The van der Waals surface area contributed by atoms with Gasteiger partial charge in [-0.2, -0.15) is 0 Å². The first-order valence-electron chi connectivity index (χ1n) is 3.87. The molecule has 0 aromatic rings. The first kappa shape index (κ1) is 10.6. The third kappa shape index (κ3) is 6.01. The monoisotopic (exact) mass is 160 g/mol. The summed E-state index contributed by atoms with van der Waals surface area (Å²) in [6, 6.07) is 0. The van der Waals surface area contributed by atoms with Gasteiger partial charge in [-0.05, 0) is 12.8 Å². The van der Waals surface area contributed by atoms with Crippen molar-refractivity contribution in [3.63, 3.8) is 0 Å². The molecule has 0 saturated heterocycles. The number of aliphatic hydroxyl groups excluding tert-OH is 2. The molecule has 11 heavy (non-hydrogen) atoms. The highest BCUT2D eigenvalue weighted by atomic mass is 16.3. The van der Waals surface area contributed by atoms with Gasteiger partial charge in [0.2, 0.25) is 0 Å². The fourth-order valence-corrected chi connectivity index (χ4v) is 0.866. The molecule has 0 rings (SSSR count). The summed E-state index contributed by atoms with van der Waals surface area (Å²) >= 11 is 0. The van der Waals surface area contributed by atoms with E-state index in [0.717, 1.165) is 0 Å². The third-order valence-corrected chi connectivity index (χ3v) is 1.41. The van der Waals surface area contributed by atoms with Crippen LogP contribution < -0.4 is 0 Å². The van der Waals surface area contributed by atoms with Crippen LogP contribution in [0.5, 0.6) is 0 Å². The van der Waals surface area contributed by atoms with Gasteiger partial charge in [-0.15, -0.1) is 0 Å². The molecule has 66 valence electrons. The summed E-state index contributed by atoms with van der Waals surface area (Å²) in [5.74, 6) is 0.0304. The van der Waals surface area contributed by atoms with Crippen LogP contribution in [0.2, 0.25) is 0 Å². The first-order chi connectivity index (χ1) is 5.06. The Morgan fingerprint density at radius 1 is 1.36 bits per heavy atom. The van der Waals surface area contributed by atoms with E-state index >= 15 is 0 Å². The molecule has 0 amide bonds. The average molecular weight is 160 g/mol. The summed E-state index contributed by atoms with van der Waals surface area (Å²) in [5.41, 5.74) is 0. The summed E-state index contributed by atoms with van der Waals surface area (Å²) in [6.45, 7) is 3.42. The molecule has 0 fully saturated rings. The maximum Gasteiger partial charge on any atom is 0.135 e. The Morgan fingerprint density at radius 2 is 1.91 bits per heavy atom. The van der Waals surface area contributed by atoms with E-state index in [2.05, 4.69) is 0 Å². The highest BCUT2D eigenvalue weighted by Crippen LogP contribution is 2.04. The van der Waals surface area contributed by atoms with E-state index in [0.29, 0.717) is 6.42 Å². The lowest BCUT2D eigenvalue weighted by atomic mass is 10.0. The van der Waals surface area contributed by atoms with Crippen molar-refractivity contribution in [3.8, 4) is 0 Å². The molecule has 0 aliphatic rings. The van der Waals surface area contributed by atoms with E-state index in [1.807, 2.05) is 0 Å². The smallest absolute Gasteiger partial charge is 0.135 e. The number of Topliss-reactive ketones (excluding diaryl/α,β-unsaturated/α-hetero) is 1. The van der Waals surface area contributed by atoms with Crippen molar-refractivity contribution in [2.75, 3.05) is 6.61 Å². The Labute approximate surface area is 67.0 Å². The van der Waals surface area contributed by atoms with Crippen molar-refractivity contribution in [1.29, 1.82) is 0 Å². The Balaban J connectivity index is 3.52. The molecule has 0 spiro atoms. The van der Waals surface area contributed by atoms with Gasteiger partial charge in [0.1, 0.15) is 5.78 Å². The van der Waals surface area contributed by atoms with E-state index in [1.54, 1.807) is 13.8 Å². The summed E-state index contributed by atoms with van der Waals surface area (Å²) in [7, 11) is 0. The molecule has 3 heteroatoms. The van der Waals surface area contributed by atoms with Crippen LogP contribution in [0.1, 0.15) is 26.7 Å². The van der Waals surface area contributed by atoms with Gasteiger partial charge >= 0.3 is 0 Å². The van der Waals surface area contributed by atoms with Crippen LogP contribution in [0, 0.1) is 5.92 Å². The molecule has 0 aromatic heterocycles. The second kappa shape index (κ2) is 5.27. The van der Waals surface area contributed by atoms with Gasteiger partial charge in [0.05, 0.1) is 6.10 Å². The van der Waals surface area contributed by atoms with Crippen molar-refractivity contribution < 1.29 is 15.0 Å². The second-order valence-corrected chi connectivity index (χ2v) is 3.08. The number of aliphatic hydroxyl groups is 2. The molecule has 0 unspecified atom stereocenters. The Bertz CT molecular complexity index is 121. The van der Waals surface area contributed by atoms with Gasteiger partial charge < -0.3 is 10.2 Å². The minimum atomic E-state index is -0.562. The van der Waals surface area contributed by atoms with E-state index in [1.165, 1.54) is 0 Å². The van der Waals surface area contributed by atoms with E-state index in [4.69, 9.17) is 10.2 Å². The van der Waals surface area contributed by atoms with Gasteiger partial charge in [-0.3, -0.25) is 4.79 Å². The lowest BCUT2D eigenvalue weighted by Gasteiger charge is -2.07. The van der Waals surface area contributed by atoms with Crippen molar-refractivity contribution in [3.05, 3.63) is 0 Å². The molecule has 0 aliphatic carbocycles. The van der Waals surface area contributed by atoms with Crippen molar-refractivity contribution in [2.45, 2.75) is 32.8 Å². The van der Waals surface area contributed by atoms with Crippen molar-refractivity contribution in [1.82, 2.24) is 0 Å². The minimum absolute atomic E-state index is 0.0150. The zero-order valence-corrected chi connectivity index (χ0v) is 7.08. The fourth-order valence-electron chi connectivity index (χ4n) is 0.866. The minimum Gasteiger partial charge on any atom is -0.396 e. The molecule has 0 radical (unpaired) electrons. The quantitative estimate of drug-likeness (QED) is 0.610. The van der Waals surface area contributed by atoms with Gasteiger partial charge in [-0.1, -0.05) is 6.92 Å². The molecule has 0 aromatic carbocycles. The van der Waals surface area contributed by atoms with Gasteiger partial charge in [0.15, 0.2) is 0 Å². The van der Waals surface area contributed by atoms with Crippen molar-refractivity contribution in [2.24, 2.45) is 5.92 Å². The lowest BCUT2D eigenvalue weighted by molar-refractivity contribution is -0.121. The zero-order valence-electron chi connectivity index (χ0n) is 7.08. The largest absolute Gasteiger partial charge is 0.396 e. The van der Waals surface area contributed by atoms with E-state index < -0.39 is 6.10 Å². The highest BCUT2D eigenvalue weighted by molar-refractivity contribution is 5.78. The van der Waals surface area contributed by atoms with Crippen molar-refractivity contribution >= 4 is 5.78 Å². The van der Waals surface area contributed by atoms with Crippen LogP contribution in [0.4, 0.5) is 0 Å². The van der Waals surface area contributed by atoms with Crippen LogP contribution in [-0.2, 0) is 4.79 Å². The summed E-state index contributed by atoms with van der Waals surface area (Å²) in [4.78, 5) is 11.0. The summed E-state index contributed by atoms with van der Waals surface area (Å²) < 4.78 is 0. The number of ketones is 1. The molecule has 0 aliphatic heterocycles. The molecule has 2 atom stereocenters. The normalized spacial score (nSPS) is 16.0. The van der Waals surface area contributed by atoms with Gasteiger partial charge in [0.25, 0.3) is 0 Å². The summed E-state index contributed by atoms with van der Waals surface area (Å²) in [6.07, 6.45) is -0.000423. The molecule has 0 saturated carbocycles. The Morgan fingerprint density at radius 3 is 2.27 bits per heavy atom. The number of carbonyl (C=O) groups excluding carboxylic acids is 1. The van der Waals surface area contributed by atoms with Gasteiger partial charge in [-0.25, -0.2) is 0 Å². The predicted octanol–water partition coefficient (Wildman–Crippen LogP) is 0.345. The summed E-state index contributed by atoms with van der Waals surface area (Å²) in [5, 5.41) is 17.4. The number of hydrogen-bond acceptors (Lipinski definition) is 3. The Kier molecular flexibility index (Phi) is 5.07. The fraction of sp³-hybridized carbons (Fsp3) is 0.875. The maximum absolute atomic E-state index is 11.0. The number of rotatable bonds is 5. The molecule has 0 bridgehead atoms. The van der Waals surface area contributed by atoms with Crippen LogP contribution in [0.15, 0.2) is 0 Å². The average Bonchev–Trinajstić information content (AvgIpc) is 1.85. The standard InChI is InChI=1S/C8H16O3/c1-6(5-9)3-8(11)4-7(2)10/h6-7,9-10H,3-5H2,1-2H3/t6-,7+/m0/s1. The lowest BCUT2D eigenvalue weighted by Crippen LogP contribution is -2.14. The number of carbonyl (C=O) groups is 1. The number of hydrogen-bond donors (Lipinski definition) is 2. The Hall–Kier alpha value is -0.410. The maximum atomic E-state index is 11.0. The zero-order chi connectivity index (χ0) is 8.85. The molecule has 0 heterocycles. The van der Waals surface area contributed by atoms with Gasteiger partial charge in [0, 0.05) is 19.4 Å². The SMILES string of the molecule is C[C@H](CO)CC(=O)C[C@@H](C)O. The second-order valence-electron chi connectivity index (χ2n) is 3.08. The van der Waals surface area contributed by atoms with E-state index in [9.17, 15) is 4.79 Å².